The summed E-state index contributed by atoms with van der Waals surface area (Å²) in [6, 6.07) is 6.79. The van der Waals surface area contributed by atoms with Gasteiger partial charge in [0.25, 0.3) is 0 Å². The molecular formula is C11H5ClN2O. The first-order valence-electron chi connectivity index (χ1n) is 4.44. The number of rotatable bonds is 0. The molecule has 0 amide bonds. The Morgan fingerprint density at radius 3 is 2.73 bits per heavy atom. The van der Waals surface area contributed by atoms with Gasteiger partial charge >= 0.3 is 0 Å². The zero-order chi connectivity index (χ0) is 10.4. The third-order valence-corrected chi connectivity index (χ3v) is 2.59. The molecule has 3 rings (SSSR count). The number of halogens is 1. The molecule has 1 aliphatic rings. The fraction of sp³-hybridized carbons (Fsp3) is 0. The summed E-state index contributed by atoms with van der Waals surface area (Å²) in [5.41, 5.74) is 2.39. The Kier molecular flexibility index (Phi) is 1.64. The average Bonchev–Trinajstić information content (AvgIpc) is 2.54. The monoisotopic (exact) mass is 216 g/mol. The summed E-state index contributed by atoms with van der Waals surface area (Å²) >= 11 is 5.79. The van der Waals surface area contributed by atoms with Crippen molar-refractivity contribution in [3.8, 4) is 11.4 Å². The van der Waals surface area contributed by atoms with Crippen LogP contribution in [-0.4, -0.2) is 15.8 Å². The summed E-state index contributed by atoms with van der Waals surface area (Å²) in [5, 5.41) is 0.375. The van der Waals surface area contributed by atoms with Gasteiger partial charge in [0, 0.05) is 6.20 Å². The van der Waals surface area contributed by atoms with Crippen molar-refractivity contribution in [3.63, 3.8) is 0 Å². The van der Waals surface area contributed by atoms with E-state index in [0.29, 0.717) is 27.7 Å². The first-order valence-corrected chi connectivity index (χ1v) is 4.82. The number of hydrogen-bond donors (Lipinski definition) is 0. The van der Waals surface area contributed by atoms with Crippen LogP contribution in [0, 0.1) is 0 Å². The van der Waals surface area contributed by atoms with Gasteiger partial charge in [-0.15, -0.1) is 0 Å². The largest absolute Gasteiger partial charge is 0.288 e. The molecule has 4 heteroatoms. The van der Waals surface area contributed by atoms with Crippen LogP contribution < -0.4 is 0 Å². The first kappa shape index (κ1) is 8.56. The Morgan fingerprint density at radius 2 is 1.87 bits per heavy atom. The van der Waals surface area contributed by atoms with Gasteiger partial charge in [0.05, 0.1) is 11.1 Å². The standard InChI is InChI=1S/C11H5ClN2O/c12-8-4-3-7-10(14-8)9-6(11(7)15)2-1-5-13-9/h1-5H. The molecule has 0 spiro atoms. The molecular weight excluding hydrogens is 212 g/mol. The van der Waals surface area contributed by atoms with E-state index in [1.807, 2.05) is 0 Å². The molecule has 72 valence electrons. The van der Waals surface area contributed by atoms with Gasteiger partial charge in [-0.25, -0.2) is 4.98 Å². The fourth-order valence-electron chi connectivity index (χ4n) is 1.72. The molecule has 0 saturated carbocycles. The fourth-order valence-corrected chi connectivity index (χ4v) is 1.87. The van der Waals surface area contributed by atoms with Crippen molar-refractivity contribution in [1.82, 2.24) is 9.97 Å². The minimum absolute atomic E-state index is 0.0303. The maximum atomic E-state index is 11.9. The Hall–Kier alpha value is -1.74. The van der Waals surface area contributed by atoms with E-state index in [-0.39, 0.29) is 5.78 Å². The van der Waals surface area contributed by atoms with E-state index < -0.39 is 0 Å². The normalized spacial score (nSPS) is 12.5. The van der Waals surface area contributed by atoms with Crippen LogP contribution in [0.4, 0.5) is 0 Å². The smallest absolute Gasteiger partial charge is 0.197 e. The van der Waals surface area contributed by atoms with Crippen molar-refractivity contribution in [2.24, 2.45) is 0 Å². The van der Waals surface area contributed by atoms with Crippen molar-refractivity contribution in [2.75, 3.05) is 0 Å². The van der Waals surface area contributed by atoms with Crippen LogP contribution in [0.25, 0.3) is 11.4 Å². The molecule has 3 nitrogen and oxygen atoms in total. The summed E-state index contributed by atoms with van der Waals surface area (Å²) in [6.45, 7) is 0. The zero-order valence-corrected chi connectivity index (χ0v) is 8.32. The van der Waals surface area contributed by atoms with Gasteiger partial charge < -0.3 is 0 Å². The number of hydrogen-bond acceptors (Lipinski definition) is 3. The van der Waals surface area contributed by atoms with Crippen molar-refractivity contribution in [1.29, 1.82) is 0 Å². The molecule has 2 aromatic rings. The number of pyridine rings is 2. The van der Waals surface area contributed by atoms with Gasteiger partial charge in [0.15, 0.2) is 5.78 Å². The van der Waals surface area contributed by atoms with Crippen LogP contribution in [0.1, 0.15) is 15.9 Å². The van der Waals surface area contributed by atoms with Gasteiger partial charge in [-0.2, -0.15) is 0 Å². The van der Waals surface area contributed by atoms with Crippen LogP contribution in [0.15, 0.2) is 30.5 Å². The molecule has 0 saturated heterocycles. The van der Waals surface area contributed by atoms with Crippen molar-refractivity contribution in [3.05, 3.63) is 46.7 Å². The van der Waals surface area contributed by atoms with Crippen LogP contribution in [0.3, 0.4) is 0 Å². The number of aromatic nitrogens is 2. The third kappa shape index (κ3) is 1.10. The summed E-state index contributed by atoms with van der Waals surface area (Å²) in [6.07, 6.45) is 1.64. The highest BCUT2D eigenvalue weighted by atomic mass is 35.5. The summed E-state index contributed by atoms with van der Waals surface area (Å²) in [5.74, 6) is -0.0303. The lowest BCUT2D eigenvalue weighted by molar-refractivity contribution is 0.104. The summed E-state index contributed by atoms with van der Waals surface area (Å²) in [4.78, 5) is 20.2. The van der Waals surface area contributed by atoms with Crippen molar-refractivity contribution < 1.29 is 4.79 Å². The Morgan fingerprint density at radius 1 is 1.07 bits per heavy atom. The lowest BCUT2D eigenvalue weighted by atomic mass is 10.1. The zero-order valence-electron chi connectivity index (χ0n) is 7.57. The number of nitrogens with zero attached hydrogens (tertiary/aromatic N) is 2. The SMILES string of the molecule is O=C1c2cccnc2-c2nc(Cl)ccc21. The van der Waals surface area contributed by atoms with Crippen LogP contribution >= 0.6 is 11.6 Å². The molecule has 0 unspecified atom stereocenters. The molecule has 0 fully saturated rings. The highest BCUT2D eigenvalue weighted by Gasteiger charge is 2.28. The lowest BCUT2D eigenvalue weighted by Gasteiger charge is -1.96. The summed E-state index contributed by atoms with van der Waals surface area (Å²) < 4.78 is 0. The Labute approximate surface area is 90.8 Å². The summed E-state index contributed by atoms with van der Waals surface area (Å²) in [7, 11) is 0. The molecule has 1 aliphatic carbocycles. The maximum absolute atomic E-state index is 11.9. The molecule has 0 atom stereocenters. The van der Waals surface area contributed by atoms with Crippen molar-refractivity contribution in [2.45, 2.75) is 0 Å². The molecule has 0 aliphatic heterocycles. The molecule has 0 bridgehead atoms. The average molecular weight is 217 g/mol. The highest BCUT2D eigenvalue weighted by molar-refractivity contribution is 6.30. The predicted molar refractivity (Wildman–Crippen MR) is 55.9 cm³/mol. The van der Waals surface area contributed by atoms with Gasteiger partial charge in [0.1, 0.15) is 16.5 Å². The van der Waals surface area contributed by atoms with E-state index >= 15 is 0 Å². The topological polar surface area (TPSA) is 42.9 Å². The van der Waals surface area contributed by atoms with Gasteiger partial charge in [-0.05, 0) is 24.3 Å². The molecule has 0 N–H and O–H groups in total. The lowest BCUT2D eigenvalue weighted by Crippen LogP contribution is -1.94. The second-order valence-electron chi connectivity index (χ2n) is 3.26. The molecule has 0 radical (unpaired) electrons. The van der Waals surface area contributed by atoms with Crippen LogP contribution in [-0.2, 0) is 0 Å². The minimum Gasteiger partial charge on any atom is -0.288 e. The van der Waals surface area contributed by atoms with Crippen LogP contribution in [0.5, 0.6) is 0 Å². The molecule has 0 aromatic carbocycles. The quantitative estimate of drug-likeness (QED) is 0.542. The molecule has 15 heavy (non-hydrogen) atoms. The molecule has 2 aromatic heterocycles. The van der Waals surface area contributed by atoms with Gasteiger partial charge in [0.2, 0.25) is 0 Å². The number of carbonyl (C=O) groups is 1. The second kappa shape index (κ2) is 2.87. The first-order chi connectivity index (χ1) is 7.27. The number of ketones is 1. The predicted octanol–water partition coefficient (Wildman–Crippen LogP) is 2.34. The van der Waals surface area contributed by atoms with E-state index in [0.717, 1.165) is 0 Å². The van der Waals surface area contributed by atoms with E-state index in [9.17, 15) is 4.79 Å². The van der Waals surface area contributed by atoms with E-state index in [1.165, 1.54) is 0 Å². The number of carbonyl (C=O) groups excluding carboxylic acids is 1. The van der Waals surface area contributed by atoms with Crippen molar-refractivity contribution >= 4 is 17.4 Å². The van der Waals surface area contributed by atoms with Gasteiger partial charge in [-0.3, -0.25) is 9.78 Å². The second-order valence-corrected chi connectivity index (χ2v) is 3.65. The highest BCUT2D eigenvalue weighted by Crippen LogP contribution is 2.33. The van der Waals surface area contributed by atoms with Gasteiger partial charge in [-0.1, -0.05) is 11.6 Å². The molecule has 2 heterocycles. The van der Waals surface area contributed by atoms with Crippen LogP contribution in [0.2, 0.25) is 5.15 Å². The van der Waals surface area contributed by atoms with E-state index in [4.69, 9.17) is 11.6 Å². The minimum atomic E-state index is -0.0303. The maximum Gasteiger partial charge on any atom is 0.197 e. The van der Waals surface area contributed by atoms with E-state index in [1.54, 1.807) is 30.5 Å². The third-order valence-electron chi connectivity index (χ3n) is 2.38. The van der Waals surface area contributed by atoms with E-state index in [2.05, 4.69) is 9.97 Å². The Bertz CT molecular complexity index is 581. The number of fused-ring (bicyclic) bond motifs is 3. The Balaban J connectivity index is 2.39.